The van der Waals surface area contributed by atoms with Crippen molar-refractivity contribution in [1.29, 1.82) is 0 Å². The molecule has 0 radical (unpaired) electrons. The van der Waals surface area contributed by atoms with Crippen LogP contribution >= 0.6 is 0 Å². The number of morpholine rings is 1. The van der Waals surface area contributed by atoms with Crippen molar-refractivity contribution in [1.82, 2.24) is 9.80 Å². The van der Waals surface area contributed by atoms with Gasteiger partial charge in [-0.3, -0.25) is 4.90 Å². The molecule has 1 aliphatic rings. The summed E-state index contributed by atoms with van der Waals surface area (Å²) in [5, 5.41) is 10.1. The number of hydrogen-bond donors (Lipinski definition) is 1. The normalized spacial score (nSPS) is 21.0. The Morgan fingerprint density at radius 3 is 2.82 bits per heavy atom. The molecule has 0 aromatic heterocycles. The van der Waals surface area contributed by atoms with E-state index in [1.54, 1.807) is 12.1 Å². The lowest BCUT2D eigenvalue weighted by Crippen LogP contribution is -2.49. The lowest BCUT2D eigenvalue weighted by atomic mass is 10.2. The van der Waals surface area contributed by atoms with Crippen molar-refractivity contribution in [3.05, 3.63) is 30.1 Å². The molecule has 0 spiro atoms. The van der Waals surface area contributed by atoms with Crippen molar-refractivity contribution >= 4 is 0 Å². The Labute approximate surface area is 131 Å². The predicted molar refractivity (Wildman–Crippen MR) is 82.6 cm³/mol. The number of likely N-dealkylation sites (N-methyl/N-ethyl adjacent to an activating group) is 1. The average Bonchev–Trinajstić information content (AvgIpc) is 2.46. The molecule has 0 amide bonds. The van der Waals surface area contributed by atoms with E-state index in [1.807, 2.05) is 14.1 Å². The first-order valence-electron chi connectivity index (χ1n) is 7.58. The van der Waals surface area contributed by atoms with Crippen molar-refractivity contribution in [3.8, 4) is 5.75 Å². The molecule has 2 rings (SSSR count). The van der Waals surface area contributed by atoms with Gasteiger partial charge in [0, 0.05) is 26.2 Å². The third-order valence-corrected chi connectivity index (χ3v) is 3.52. The second kappa shape index (κ2) is 8.43. The van der Waals surface area contributed by atoms with Crippen molar-refractivity contribution in [3.63, 3.8) is 0 Å². The van der Waals surface area contributed by atoms with Gasteiger partial charge in [-0.1, -0.05) is 0 Å². The molecule has 5 nitrogen and oxygen atoms in total. The quantitative estimate of drug-likeness (QED) is 0.808. The summed E-state index contributed by atoms with van der Waals surface area (Å²) in [6, 6.07) is 5.80. The minimum absolute atomic E-state index is 0.175. The van der Waals surface area contributed by atoms with E-state index in [9.17, 15) is 9.50 Å². The average molecular weight is 312 g/mol. The van der Waals surface area contributed by atoms with Gasteiger partial charge in [0.25, 0.3) is 0 Å². The fourth-order valence-electron chi connectivity index (χ4n) is 2.54. The third kappa shape index (κ3) is 5.88. The Hall–Kier alpha value is -1.21. The maximum Gasteiger partial charge on any atom is 0.123 e. The summed E-state index contributed by atoms with van der Waals surface area (Å²) in [5.74, 6) is 0.265. The smallest absolute Gasteiger partial charge is 0.123 e. The van der Waals surface area contributed by atoms with E-state index in [0.29, 0.717) is 18.9 Å². The Kier molecular flexibility index (Phi) is 6.57. The first kappa shape index (κ1) is 17.1. The highest BCUT2D eigenvalue weighted by Crippen LogP contribution is 2.12. The molecular weight excluding hydrogens is 287 g/mol. The number of ether oxygens (including phenoxy) is 2. The molecule has 1 heterocycles. The summed E-state index contributed by atoms with van der Waals surface area (Å²) in [6.07, 6.45) is -0.405. The van der Waals surface area contributed by atoms with E-state index in [2.05, 4.69) is 9.80 Å². The summed E-state index contributed by atoms with van der Waals surface area (Å²) in [6.45, 7) is 3.93. The number of β-amino-alcohol motifs (C(OH)–C–C–N with tert-alkyl or cyclic N) is 1. The summed E-state index contributed by atoms with van der Waals surface area (Å²) < 4.78 is 24.0. The molecular formula is C16H25FN2O3. The fourth-order valence-corrected chi connectivity index (χ4v) is 2.54. The third-order valence-electron chi connectivity index (χ3n) is 3.52. The van der Waals surface area contributed by atoms with Crippen LogP contribution in [-0.2, 0) is 4.74 Å². The van der Waals surface area contributed by atoms with Crippen molar-refractivity contribution < 1.29 is 19.0 Å². The van der Waals surface area contributed by atoms with Crippen LogP contribution < -0.4 is 4.74 Å². The Morgan fingerprint density at radius 1 is 1.41 bits per heavy atom. The van der Waals surface area contributed by atoms with Gasteiger partial charge in [0.15, 0.2) is 0 Å². The number of aliphatic hydroxyl groups is 1. The molecule has 1 fully saturated rings. The minimum Gasteiger partial charge on any atom is -0.491 e. The van der Waals surface area contributed by atoms with Gasteiger partial charge in [0.2, 0.25) is 0 Å². The van der Waals surface area contributed by atoms with Crippen LogP contribution in [0.5, 0.6) is 5.75 Å². The summed E-state index contributed by atoms with van der Waals surface area (Å²) in [7, 11) is 4.04. The molecule has 1 aromatic carbocycles. The van der Waals surface area contributed by atoms with Gasteiger partial charge >= 0.3 is 0 Å². The standard InChI is InChI=1S/C16H25FN2O3/c1-18(2)10-16-11-19(7-8-21-16)9-14(20)12-22-15-5-3-13(17)4-6-15/h3-6,14,16,20H,7-12H2,1-2H3/t14-,16-/m1/s1. The highest BCUT2D eigenvalue weighted by molar-refractivity contribution is 5.22. The maximum absolute atomic E-state index is 12.8. The van der Waals surface area contributed by atoms with Gasteiger partial charge < -0.3 is 19.5 Å². The van der Waals surface area contributed by atoms with Crippen LogP contribution in [0.1, 0.15) is 0 Å². The van der Waals surface area contributed by atoms with Crippen LogP contribution in [0.25, 0.3) is 0 Å². The monoisotopic (exact) mass is 312 g/mol. The van der Waals surface area contributed by atoms with E-state index in [-0.39, 0.29) is 18.5 Å². The molecule has 1 saturated heterocycles. The Bertz CT molecular complexity index is 442. The zero-order valence-electron chi connectivity index (χ0n) is 13.2. The highest BCUT2D eigenvalue weighted by Gasteiger charge is 2.22. The van der Waals surface area contributed by atoms with Gasteiger partial charge in [0.1, 0.15) is 24.3 Å². The molecule has 0 aliphatic carbocycles. The number of nitrogens with zero attached hydrogens (tertiary/aromatic N) is 2. The summed E-state index contributed by atoms with van der Waals surface area (Å²) in [4.78, 5) is 4.29. The van der Waals surface area contributed by atoms with Crippen LogP contribution in [0.3, 0.4) is 0 Å². The SMILES string of the molecule is CN(C)C[C@@H]1CN(C[C@@H](O)COc2ccc(F)cc2)CCO1. The zero-order valence-corrected chi connectivity index (χ0v) is 13.2. The van der Waals surface area contributed by atoms with Gasteiger partial charge in [-0.15, -0.1) is 0 Å². The zero-order chi connectivity index (χ0) is 15.9. The molecule has 0 unspecified atom stereocenters. The van der Waals surface area contributed by atoms with E-state index in [4.69, 9.17) is 9.47 Å². The van der Waals surface area contributed by atoms with Crippen LogP contribution in [0.4, 0.5) is 4.39 Å². The number of benzene rings is 1. The van der Waals surface area contributed by atoms with Gasteiger partial charge in [-0.05, 0) is 38.4 Å². The fraction of sp³-hybridized carbons (Fsp3) is 0.625. The van der Waals surface area contributed by atoms with Crippen LogP contribution in [0.2, 0.25) is 0 Å². The van der Waals surface area contributed by atoms with Gasteiger partial charge in [0.05, 0.1) is 12.7 Å². The minimum atomic E-state index is -0.580. The van der Waals surface area contributed by atoms with Crippen LogP contribution in [0.15, 0.2) is 24.3 Å². The first-order valence-corrected chi connectivity index (χ1v) is 7.58. The molecule has 0 saturated carbocycles. The number of hydrogen-bond acceptors (Lipinski definition) is 5. The molecule has 1 N–H and O–H groups in total. The molecule has 1 aliphatic heterocycles. The molecule has 6 heteroatoms. The van der Waals surface area contributed by atoms with Crippen molar-refractivity contribution in [2.24, 2.45) is 0 Å². The second-order valence-electron chi connectivity index (χ2n) is 5.93. The van der Waals surface area contributed by atoms with E-state index < -0.39 is 6.10 Å². The lowest BCUT2D eigenvalue weighted by molar-refractivity contribution is -0.0519. The second-order valence-corrected chi connectivity index (χ2v) is 5.93. The highest BCUT2D eigenvalue weighted by atomic mass is 19.1. The van der Waals surface area contributed by atoms with Gasteiger partial charge in [-0.2, -0.15) is 0 Å². The predicted octanol–water partition coefficient (Wildman–Crippen LogP) is 0.828. The van der Waals surface area contributed by atoms with Gasteiger partial charge in [-0.25, -0.2) is 4.39 Å². The van der Waals surface area contributed by atoms with E-state index in [1.165, 1.54) is 12.1 Å². The lowest BCUT2D eigenvalue weighted by Gasteiger charge is -2.35. The summed E-state index contributed by atoms with van der Waals surface area (Å²) >= 11 is 0. The molecule has 22 heavy (non-hydrogen) atoms. The largest absolute Gasteiger partial charge is 0.491 e. The number of halogens is 1. The van der Waals surface area contributed by atoms with Crippen LogP contribution in [0, 0.1) is 5.82 Å². The van der Waals surface area contributed by atoms with E-state index in [0.717, 1.165) is 19.6 Å². The number of rotatable bonds is 7. The first-order chi connectivity index (χ1) is 10.5. The molecule has 124 valence electrons. The Balaban J connectivity index is 1.71. The van der Waals surface area contributed by atoms with E-state index >= 15 is 0 Å². The van der Waals surface area contributed by atoms with Crippen molar-refractivity contribution in [2.75, 3.05) is 53.5 Å². The molecule has 1 aromatic rings. The summed E-state index contributed by atoms with van der Waals surface area (Å²) in [5.41, 5.74) is 0. The topological polar surface area (TPSA) is 45.2 Å². The van der Waals surface area contributed by atoms with Crippen molar-refractivity contribution in [2.45, 2.75) is 12.2 Å². The molecule has 0 bridgehead atoms. The molecule has 2 atom stereocenters. The number of aliphatic hydroxyl groups excluding tert-OH is 1. The van der Waals surface area contributed by atoms with Crippen LogP contribution in [-0.4, -0.2) is 80.6 Å². The Morgan fingerprint density at radius 2 is 2.14 bits per heavy atom. The maximum atomic E-state index is 12.8.